The number of pyridine rings is 1. The van der Waals surface area contributed by atoms with Crippen LogP contribution in [0.4, 0.5) is 0 Å². The van der Waals surface area contributed by atoms with E-state index in [9.17, 15) is 8.42 Å². The first-order valence-corrected chi connectivity index (χ1v) is 9.55. The zero-order chi connectivity index (χ0) is 16.4. The van der Waals surface area contributed by atoms with E-state index in [1.54, 1.807) is 28.8 Å². The lowest BCUT2D eigenvalue weighted by atomic mass is 10.1. The molecule has 5 nitrogen and oxygen atoms in total. The number of halogens is 1. The zero-order valence-corrected chi connectivity index (χ0v) is 15.7. The van der Waals surface area contributed by atoms with E-state index < -0.39 is 10.0 Å². The fraction of sp³-hybridized carbons (Fsp3) is 0.471. The lowest BCUT2D eigenvalue weighted by Crippen LogP contribution is -2.43. The van der Waals surface area contributed by atoms with Crippen LogP contribution in [0.3, 0.4) is 0 Å². The van der Waals surface area contributed by atoms with Crippen molar-refractivity contribution < 1.29 is 8.42 Å². The van der Waals surface area contributed by atoms with E-state index in [4.69, 9.17) is 0 Å². The summed E-state index contributed by atoms with van der Waals surface area (Å²) in [6.45, 7) is 6.09. The molecule has 1 aromatic carbocycles. The summed E-state index contributed by atoms with van der Waals surface area (Å²) in [6, 6.07) is 5.43. The minimum absolute atomic E-state index is 0. The molecule has 1 fully saturated rings. The van der Waals surface area contributed by atoms with Gasteiger partial charge in [-0.25, -0.2) is 8.42 Å². The average Bonchev–Trinajstić information content (AvgIpc) is 2.80. The van der Waals surface area contributed by atoms with Crippen LogP contribution in [0.2, 0.25) is 0 Å². The van der Waals surface area contributed by atoms with Crippen molar-refractivity contribution in [2.24, 2.45) is 0 Å². The maximum Gasteiger partial charge on any atom is 0.243 e. The minimum Gasteiger partial charge on any atom is -0.315 e. The molecule has 1 unspecified atom stereocenters. The normalized spacial score (nSPS) is 19.7. The Hall–Kier alpha value is -1.21. The Labute approximate surface area is 149 Å². The third kappa shape index (κ3) is 3.42. The molecule has 1 aliphatic rings. The van der Waals surface area contributed by atoms with Gasteiger partial charge in [0.15, 0.2) is 0 Å². The minimum atomic E-state index is -3.53. The van der Waals surface area contributed by atoms with E-state index in [-0.39, 0.29) is 18.4 Å². The molecular formula is C17H24ClN3O2S. The van der Waals surface area contributed by atoms with Crippen molar-refractivity contribution in [2.75, 3.05) is 19.6 Å². The molecule has 0 amide bonds. The van der Waals surface area contributed by atoms with Crippen molar-refractivity contribution in [3.8, 4) is 0 Å². The Morgan fingerprint density at radius 2 is 2.12 bits per heavy atom. The fourth-order valence-corrected chi connectivity index (χ4v) is 5.32. The Bertz CT molecular complexity index is 805. The largest absolute Gasteiger partial charge is 0.315 e. The van der Waals surface area contributed by atoms with E-state index in [1.807, 2.05) is 19.9 Å². The van der Waals surface area contributed by atoms with Gasteiger partial charge >= 0.3 is 0 Å². The zero-order valence-electron chi connectivity index (χ0n) is 14.0. The van der Waals surface area contributed by atoms with Gasteiger partial charge in [-0.3, -0.25) is 4.98 Å². The Kier molecular flexibility index (Phi) is 6.20. The Balaban J connectivity index is 0.00000208. The standard InChI is InChI=1S/C17H23N3O2S.ClH/c1-3-15-12-18-8-5-9-20(15)23(21,22)16-7-4-6-14-11-19-10-13(2)17(14)16;/h4,6-7,10-11,15,18H,3,5,8-9,12H2,1-2H3;1H. The number of nitrogens with zero attached hydrogens (tertiary/aromatic N) is 2. The highest BCUT2D eigenvalue weighted by Gasteiger charge is 2.32. The van der Waals surface area contributed by atoms with Crippen molar-refractivity contribution in [1.29, 1.82) is 0 Å². The number of fused-ring (bicyclic) bond motifs is 1. The topological polar surface area (TPSA) is 62.3 Å². The third-order valence-corrected chi connectivity index (χ3v) is 6.51. The van der Waals surface area contributed by atoms with Crippen LogP contribution < -0.4 is 5.32 Å². The van der Waals surface area contributed by atoms with Crippen LogP contribution in [0, 0.1) is 6.92 Å². The van der Waals surface area contributed by atoms with Gasteiger partial charge in [-0.1, -0.05) is 19.1 Å². The third-order valence-electron chi connectivity index (χ3n) is 4.51. The molecule has 24 heavy (non-hydrogen) atoms. The second-order valence-electron chi connectivity index (χ2n) is 6.05. The van der Waals surface area contributed by atoms with Crippen LogP contribution in [-0.4, -0.2) is 43.4 Å². The summed E-state index contributed by atoms with van der Waals surface area (Å²) in [5.74, 6) is 0. The molecule has 1 aliphatic heterocycles. The monoisotopic (exact) mass is 369 g/mol. The van der Waals surface area contributed by atoms with Crippen LogP contribution in [-0.2, 0) is 10.0 Å². The molecular weight excluding hydrogens is 346 g/mol. The number of benzene rings is 1. The lowest BCUT2D eigenvalue weighted by Gasteiger charge is -2.28. The lowest BCUT2D eigenvalue weighted by molar-refractivity contribution is 0.327. The quantitative estimate of drug-likeness (QED) is 0.903. The van der Waals surface area contributed by atoms with Crippen molar-refractivity contribution in [3.05, 3.63) is 36.2 Å². The second kappa shape index (κ2) is 7.78. The first-order valence-electron chi connectivity index (χ1n) is 8.11. The van der Waals surface area contributed by atoms with Crippen molar-refractivity contribution in [2.45, 2.75) is 37.6 Å². The molecule has 0 saturated carbocycles. The van der Waals surface area contributed by atoms with Crippen molar-refractivity contribution in [3.63, 3.8) is 0 Å². The maximum absolute atomic E-state index is 13.4. The van der Waals surface area contributed by atoms with Crippen LogP contribution in [0.5, 0.6) is 0 Å². The van der Waals surface area contributed by atoms with Gasteiger partial charge in [0.05, 0.1) is 4.90 Å². The van der Waals surface area contributed by atoms with Gasteiger partial charge in [-0.2, -0.15) is 4.31 Å². The molecule has 1 saturated heterocycles. The number of aryl methyl sites for hydroxylation is 1. The van der Waals surface area contributed by atoms with Gasteiger partial charge in [0.2, 0.25) is 10.0 Å². The van der Waals surface area contributed by atoms with Crippen LogP contribution >= 0.6 is 12.4 Å². The summed E-state index contributed by atoms with van der Waals surface area (Å²) in [7, 11) is -3.53. The van der Waals surface area contributed by atoms with Crippen LogP contribution in [0.25, 0.3) is 10.8 Å². The molecule has 1 N–H and O–H groups in total. The highest BCUT2D eigenvalue weighted by Crippen LogP contribution is 2.29. The van der Waals surface area contributed by atoms with Gasteiger partial charge in [-0.05, 0) is 37.9 Å². The number of hydrogen-bond donors (Lipinski definition) is 1. The summed E-state index contributed by atoms with van der Waals surface area (Å²) in [4.78, 5) is 4.57. The van der Waals surface area contributed by atoms with Crippen LogP contribution in [0.15, 0.2) is 35.5 Å². The molecule has 2 heterocycles. The first-order chi connectivity index (χ1) is 11.1. The highest BCUT2D eigenvalue weighted by atomic mass is 35.5. The molecule has 1 atom stereocenters. The summed E-state index contributed by atoms with van der Waals surface area (Å²) in [6.07, 6.45) is 5.09. The van der Waals surface area contributed by atoms with E-state index in [1.165, 1.54) is 0 Å². The Morgan fingerprint density at radius 1 is 1.33 bits per heavy atom. The molecule has 0 aliphatic carbocycles. The number of sulfonamides is 1. The second-order valence-corrected chi connectivity index (χ2v) is 7.91. The van der Waals surface area contributed by atoms with Crippen LogP contribution in [0.1, 0.15) is 25.3 Å². The number of aromatic nitrogens is 1. The van der Waals surface area contributed by atoms with E-state index in [0.29, 0.717) is 18.0 Å². The summed E-state index contributed by atoms with van der Waals surface area (Å²) >= 11 is 0. The van der Waals surface area contributed by atoms with E-state index in [0.717, 1.165) is 35.7 Å². The highest BCUT2D eigenvalue weighted by molar-refractivity contribution is 7.89. The first kappa shape index (κ1) is 19.1. The maximum atomic E-state index is 13.4. The fourth-order valence-electron chi connectivity index (χ4n) is 3.29. The number of rotatable bonds is 3. The number of hydrogen-bond acceptors (Lipinski definition) is 4. The van der Waals surface area contributed by atoms with Crippen molar-refractivity contribution >= 4 is 33.2 Å². The van der Waals surface area contributed by atoms with Gasteiger partial charge < -0.3 is 5.32 Å². The van der Waals surface area contributed by atoms with Gasteiger partial charge in [-0.15, -0.1) is 12.4 Å². The van der Waals surface area contributed by atoms with Gasteiger partial charge in [0.25, 0.3) is 0 Å². The Morgan fingerprint density at radius 3 is 2.88 bits per heavy atom. The summed E-state index contributed by atoms with van der Waals surface area (Å²) < 4.78 is 28.4. The van der Waals surface area contributed by atoms with E-state index in [2.05, 4.69) is 10.3 Å². The molecule has 0 radical (unpaired) electrons. The molecule has 1 aromatic heterocycles. The predicted octanol–water partition coefficient (Wildman–Crippen LogP) is 2.73. The van der Waals surface area contributed by atoms with Gasteiger partial charge in [0, 0.05) is 42.3 Å². The SMILES string of the molecule is CCC1CNCCCN1S(=O)(=O)c1cccc2cncc(C)c12.Cl. The smallest absolute Gasteiger partial charge is 0.243 e. The predicted molar refractivity (Wildman–Crippen MR) is 99.2 cm³/mol. The molecule has 7 heteroatoms. The summed E-state index contributed by atoms with van der Waals surface area (Å²) in [5.41, 5.74) is 0.891. The van der Waals surface area contributed by atoms with E-state index >= 15 is 0 Å². The molecule has 0 bridgehead atoms. The van der Waals surface area contributed by atoms with Gasteiger partial charge in [0.1, 0.15) is 0 Å². The molecule has 0 spiro atoms. The number of nitrogens with one attached hydrogen (secondary N) is 1. The molecule has 132 valence electrons. The van der Waals surface area contributed by atoms with Crippen molar-refractivity contribution in [1.82, 2.24) is 14.6 Å². The summed E-state index contributed by atoms with van der Waals surface area (Å²) in [5, 5.41) is 4.99. The molecule has 3 rings (SSSR count). The average molecular weight is 370 g/mol. The molecule has 2 aromatic rings.